The van der Waals surface area contributed by atoms with E-state index in [4.69, 9.17) is 5.11 Å². The molecule has 0 amide bonds. The smallest absolute Gasteiger partial charge is 0.305 e. The molecular weight excluding hydrogens is 389 g/mol. The van der Waals surface area contributed by atoms with Crippen LogP contribution in [0.1, 0.15) is 43.9 Å². The third-order valence-corrected chi connectivity index (χ3v) is 4.44. The first kappa shape index (κ1) is 23.4. The standard InChI is InChI=1S/C22H28FN3O4/c1-13(2)20-18(10-9-16(27)11-17(28)12-19(29)30)21(25-22(24-20)26(3)4)14-5-7-15(23)8-6-14/h5-10,13,16-17,27-28H,11-12H2,1-4H3,(H,29,30)/b10-9+/t16-,17+/m0/s1. The van der Waals surface area contributed by atoms with Crippen molar-refractivity contribution in [2.45, 2.75) is 44.8 Å². The van der Waals surface area contributed by atoms with Gasteiger partial charge in [-0.1, -0.05) is 26.0 Å². The highest BCUT2D eigenvalue weighted by molar-refractivity contribution is 5.75. The number of carboxylic acids is 1. The summed E-state index contributed by atoms with van der Waals surface area (Å²) in [6, 6.07) is 5.97. The average Bonchev–Trinajstić information content (AvgIpc) is 2.65. The van der Waals surface area contributed by atoms with Crippen LogP contribution in [0.25, 0.3) is 17.3 Å². The van der Waals surface area contributed by atoms with Crippen LogP contribution in [0.15, 0.2) is 30.3 Å². The van der Waals surface area contributed by atoms with Gasteiger partial charge in [0.1, 0.15) is 5.82 Å². The molecule has 2 atom stereocenters. The minimum absolute atomic E-state index is 0.0419. The summed E-state index contributed by atoms with van der Waals surface area (Å²) in [5, 5.41) is 28.7. The Morgan fingerprint density at radius 3 is 2.33 bits per heavy atom. The lowest BCUT2D eigenvalue weighted by Gasteiger charge is -2.19. The number of anilines is 1. The first-order chi connectivity index (χ1) is 14.1. The fraction of sp³-hybridized carbons (Fsp3) is 0.409. The Labute approximate surface area is 175 Å². The number of carboxylic acid groups (broad SMARTS) is 1. The molecule has 0 radical (unpaired) electrons. The fourth-order valence-electron chi connectivity index (χ4n) is 2.96. The second-order valence-electron chi connectivity index (χ2n) is 7.64. The number of rotatable bonds is 9. The zero-order valence-corrected chi connectivity index (χ0v) is 17.6. The Balaban J connectivity index is 2.49. The van der Waals surface area contributed by atoms with Gasteiger partial charge in [-0.25, -0.2) is 14.4 Å². The largest absolute Gasteiger partial charge is 0.481 e. The van der Waals surface area contributed by atoms with Gasteiger partial charge in [0.2, 0.25) is 5.95 Å². The van der Waals surface area contributed by atoms with Crippen LogP contribution in [0.3, 0.4) is 0 Å². The molecule has 0 saturated heterocycles. The van der Waals surface area contributed by atoms with Crippen LogP contribution < -0.4 is 4.90 Å². The molecule has 0 aliphatic rings. The number of benzene rings is 1. The summed E-state index contributed by atoms with van der Waals surface area (Å²) in [5.41, 5.74) is 2.72. The molecule has 0 bridgehead atoms. The van der Waals surface area contributed by atoms with Crippen molar-refractivity contribution >= 4 is 18.0 Å². The van der Waals surface area contributed by atoms with Crippen LogP contribution in [0.2, 0.25) is 0 Å². The molecule has 0 aliphatic heterocycles. The molecule has 0 aliphatic carbocycles. The topological polar surface area (TPSA) is 107 Å². The number of halogens is 1. The number of hydrogen-bond donors (Lipinski definition) is 3. The van der Waals surface area contributed by atoms with Crippen molar-refractivity contribution in [3.63, 3.8) is 0 Å². The minimum atomic E-state index is -1.16. The molecule has 0 saturated carbocycles. The molecule has 1 aromatic heterocycles. The summed E-state index contributed by atoms with van der Waals surface area (Å²) in [5.74, 6) is -0.940. The van der Waals surface area contributed by atoms with Gasteiger partial charge >= 0.3 is 5.97 Å². The first-order valence-corrected chi connectivity index (χ1v) is 9.69. The maximum Gasteiger partial charge on any atom is 0.305 e. The van der Waals surface area contributed by atoms with E-state index in [9.17, 15) is 19.4 Å². The van der Waals surface area contributed by atoms with E-state index in [0.29, 0.717) is 22.8 Å². The number of aliphatic carboxylic acids is 1. The summed E-state index contributed by atoms with van der Waals surface area (Å²) in [4.78, 5) is 21.7. The number of aliphatic hydroxyl groups is 2. The Morgan fingerprint density at radius 1 is 1.17 bits per heavy atom. The zero-order valence-electron chi connectivity index (χ0n) is 17.6. The van der Waals surface area contributed by atoms with Gasteiger partial charge in [0, 0.05) is 31.6 Å². The summed E-state index contributed by atoms with van der Waals surface area (Å²) < 4.78 is 13.4. The van der Waals surface area contributed by atoms with Gasteiger partial charge in [0.05, 0.1) is 30.0 Å². The van der Waals surface area contributed by atoms with Crippen LogP contribution in [0.5, 0.6) is 0 Å². The number of nitrogens with zero attached hydrogens (tertiary/aromatic N) is 3. The van der Waals surface area contributed by atoms with Gasteiger partial charge in [-0.2, -0.15) is 0 Å². The van der Waals surface area contributed by atoms with Crippen molar-refractivity contribution in [3.05, 3.63) is 47.4 Å². The lowest BCUT2D eigenvalue weighted by Crippen LogP contribution is -2.19. The Morgan fingerprint density at radius 2 is 1.80 bits per heavy atom. The van der Waals surface area contributed by atoms with Crippen molar-refractivity contribution in [1.29, 1.82) is 0 Å². The molecule has 0 fully saturated rings. The van der Waals surface area contributed by atoms with Crippen molar-refractivity contribution in [2.24, 2.45) is 0 Å². The quantitative estimate of drug-likeness (QED) is 0.576. The molecular formula is C22H28FN3O4. The number of aromatic nitrogens is 2. The predicted molar refractivity (Wildman–Crippen MR) is 114 cm³/mol. The normalized spacial score (nSPS) is 13.6. The van der Waals surface area contributed by atoms with E-state index in [1.165, 1.54) is 18.2 Å². The van der Waals surface area contributed by atoms with Gasteiger partial charge in [0.15, 0.2) is 0 Å². The van der Waals surface area contributed by atoms with E-state index in [-0.39, 0.29) is 18.2 Å². The van der Waals surface area contributed by atoms with Gasteiger partial charge < -0.3 is 20.2 Å². The second kappa shape index (κ2) is 10.3. The Bertz CT molecular complexity index is 898. The summed E-state index contributed by atoms with van der Waals surface area (Å²) >= 11 is 0. The molecule has 0 unspecified atom stereocenters. The highest BCUT2D eigenvalue weighted by Crippen LogP contribution is 2.31. The van der Waals surface area contributed by atoms with E-state index in [1.54, 1.807) is 23.1 Å². The number of aliphatic hydroxyl groups excluding tert-OH is 2. The van der Waals surface area contributed by atoms with E-state index in [1.807, 2.05) is 27.9 Å². The van der Waals surface area contributed by atoms with Crippen LogP contribution >= 0.6 is 0 Å². The molecule has 162 valence electrons. The summed E-state index contributed by atoms with van der Waals surface area (Å²) in [6.07, 6.45) is 0.403. The lowest BCUT2D eigenvalue weighted by molar-refractivity contribution is -0.139. The Hall–Kier alpha value is -2.84. The zero-order chi connectivity index (χ0) is 22.4. The lowest BCUT2D eigenvalue weighted by atomic mass is 9.97. The average molecular weight is 417 g/mol. The molecule has 3 N–H and O–H groups in total. The highest BCUT2D eigenvalue weighted by atomic mass is 19.1. The minimum Gasteiger partial charge on any atom is -0.481 e. The van der Waals surface area contributed by atoms with Crippen molar-refractivity contribution in [2.75, 3.05) is 19.0 Å². The van der Waals surface area contributed by atoms with Crippen LogP contribution in [-0.4, -0.2) is 57.6 Å². The maximum atomic E-state index is 13.4. The van der Waals surface area contributed by atoms with Gasteiger partial charge in [-0.3, -0.25) is 4.79 Å². The van der Waals surface area contributed by atoms with Gasteiger partial charge in [-0.15, -0.1) is 0 Å². The summed E-state index contributed by atoms with van der Waals surface area (Å²) in [7, 11) is 3.66. The van der Waals surface area contributed by atoms with Crippen LogP contribution in [0.4, 0.5) is 10.3 Å². The molecule has 2 aromatic rings. The third-order valence-electron chi connectivity index (χ3n) is 4.44. The van der Waals surface area contributed by atoms with E-state index in [0.717, 1.165) is 5.69 Å². The molecule has 1 aromatic carbocycles. The van der Waals surface area contributed by atoms with Crippen molar-refractivity contribution < 1.29 is 24.5 Å². The van der Waals surface area contributed by atoms with Gasteiger partial charge in [0.25, 0.3) is 0 Å². The van der Waals surface area contributed by atoms with E-state index >= 15 is 0 Å². The first-order valence-electron chi connectivity index (χ1n) is 9.69. The van der Waals surface area contributed by atoms with Gasteiger partial charge in [-0.05, 0) is 30.2 Å². The molecule has 7 nitrogen and oxygen atoms in total. The Kier molecular flexibility index (Phi) is 8.02. The molecule has 2 rings (SSSR count). The SMILES string of the molecule is CC(C)c1nc(N(C)C)nc(-c2ccc(F)cc2)c1/C=C/[C@H](O)C[C@@H](O)CC(=O)O. The monoisotopic (exact) mass is 417 g/mol. The predicted octanol–water partition coefficient (Wildman–Crippen LogP) is 3.07. The van der Waals surface area contributed by atoms with E-state index in [2.05, 4.69) is 9.97 Å². The van der Waals surface area contributed by atoms with Crippen molar-refractivity contribution in [1.82, 2.24) is 9.97 Å². The highest BCUT2D eigenvalue weighted by Gasteiger charge is 2.19. The van der Waals surface area contributed by atoms with Crippen LogP contribution in [-0.2, 0) is 4.79 Å². The molecule has 1 heterocycles. The molecule has 0 spiro atoms. The third kappa shape index (κ3) is 6.33. The number of hydrogen-bond acceptors (Lipinski definition) is 6. The molecule has 30 heavy (non-hydrogen) atoms. The maximum absolute atomic E-state index is 13.4. The summed E-state index contributed by atoms with van der Waals surface area (Å²) in [6.45, 7) is 3.97. The van der Waals surface area contributed by atoms with E-state index < -0.39 is 24.6 Å². The second-order valence-corrected chi connectivity index (χ2v) is 7.64. The van der Waals surface area contributed by atoms with Crippen molar-refractivity contribution in [3.8, 4) is 11.3 Å². The molecule has 8 heteroatoms. The fourth-order valence-corrected chi connectivity index (χ4v) is 2.96. The number of carbonyl (C=O) groups is 1. The van der Waals surface area contributed by atoms with Crippen LogP contribution in [0, 0.1) is 5.82 Å².